The number of imide groups is 2. The molecule has 2 atom stereocenters. The Balaban J connectivity index is 1.51. The van der Waals surface area contributed by atoms with E-state index in [1.54, 1.807) is 6.08 Å². The van der Waals surface area contributed by atoms with Crippen molar-refractivity contribution in [2.45, 2.75) is 25.3 Å². The molecule has 0 aromatic heterocycles. The molecule has 8 nitrogen and oxygen atoms in total. The molecule has 4 amide bonds. The molecule has 0 spiro atoms. The highest BCUT2D eigenvalue weighted by Gasteiger charge is 2.50. The van der Waals surface area contributed by atoms with E-state index in [1.165, 1.54) is 0 Å². The maximum Gasteiger partial charge on any atom is 0.257 e. The quantitative estimate of drug-likeness (QED) is 0.630. The number of rotatable bonds is 3. The summed E-state index contributed by atoms with van der Waals surface area (Å²) in [5.74, 6) is -2.07. The average Bonchev–Trinajstić information content (AvgIpc) is 2.78. The van der Waals surface area contributed by atoms with Gasteiger partial charge in [0.05, 0.1) is 5.92 Å². The highest BCUT2D eigenvalue weighted by atomic mass is 16.3. The van der Waals surface area contributed by atoms with Crippen LogP contribution in [0.4, 0.5) is 0 Å². The molecule has 3 saturated heterocycles. The number of amides is 4. The molecule has 25 heavy (non-hydrogen) atoms. The van der Waals surface area contributed by atoms with Gasteiger partial charge in [-0.3, -0.25) is 29.4 Å². The minimum Gasteiger partial charge on any atom is -0.396 e. The van der Waals surface area contributed by atoms with E-state index in [9.17, 15) is 19.2 Å². The summed E-state index contributed by atoms with van der Waals surface area (Å²) in [6, 6.07) is -0.907. The van der Waals surface area contributed by atoms with E-state index in [1.807, 2.05) is 6.08 Å². The van der Waals surface area contributed by atoms with Crippen molar-refractivity contribution >= 4 is 23.6 Å². The topological polar surface area (TPSA) is 107 Å². The number of piperidine rings is 1. The van der Waals surface area contributed by atoms with Gasteiger partial charge in [0.2, 0.25) is 17.7 Å². The third-order valence-electron chi connectivity index (χ3n) is 5.39. The predicted molar refractivity (Wildman–Crippen MR) is 84.4 cm³/mol. The SMILES string of the molecule is O=C1CCC(N2C(=O)C3=CC=C(N4CC(CO)C4)CC3C2=O)C(=O)N1. The lowest BCUT2D eigenvalue weighted by Crippen LogP contribution is -2.54. The van der Waals surface area contributed by atoms with Crippen molar-refractivity contribution < 1.29 is 24.3 Å². The van der Waals surface area contributed by atoms with E-state index in [0.717, 1.165) is 23.7 Å². The third-order valence-corrected chi connectivity index (χ3v) is 5.39. The lowest BCUT2D eigenvalue weighted by molar-refractivity contribution is -0.150. The van der Waals surface area contributed by atoms with Gasteiger partial charge in [0.15, 0.2) is 0 Å². The number of nitrogens with zero attached hydrogens (tertiary/aromatic N) is 2. The van der Waals surface area contributed by atoms with Crippen LogP contribution in [0.15, 0.2) is 23.4 Å². The summed E-state index contributed by atoms with van der Waals surface area (Å²) in [4.78, 5) is 51.9. The molecule has 8 heteroatoms. The zero-order valence-corrected chi connectivity index (χ0v) is 13.6. The van der Waals surface area contributed by atoms with Crippen molar-refractivity contribution in [2.24, 2.45) is 11.8 Å². The number of hydrogen-bond donors (Lipinski definition) is 2. The maximum absolute atomic E-state index is 12.8. The molecule has 3 aliphatic heterocycles. The van der Waals surface area contributed by atoms with Gasteiger partial charge in [-0.15, -0.1) is 0 Å². The highest BCUT2D eigenvalue weighted by molar-refractivity contribution is 6.18. The van der Waals surface area contributed by atoms with E-state index in [-0.39, 0.29) is 37.2 Å². The molecule has 132 valence electrons. The Morgan fingerprint density at radius 1 is 1.16 bits per heavy atom. The zero-order valence-electron chi connectivity index (χ0n) is 13.6. The number of aliphatic hydroxyl groups excluding tert-OH is 1. The van der Waals surface area contributed by atoms with E-state index >= 15 is 0 Å². The first-order valence-electron chi connectivity index (χ1n) is 8.47. The van der Waals surface area contributed by atoms with E-state index < -0.39 is 23.8 Å². The average molecular weight is 345 g/mol. The smallest absolute Gasteiger partial charge is 0.257 e. The highest BCUT2D eigenvalue weighted by Crippen LogP contribution is 2.38. The van der Waals surface area contributed by atoms with Crippen molar-refractivity contribution in [2.75, 3.05) is 19.7 Å². The number of aliphatic hydroxyl groups is 1. The third kappa shape index (κ3) is 2.48. The van der Waals surface area contributed by atoms with Crippen LogP contribution in [0.1, 0.15) is 19.3 Å². The zero-order chi connectivity index (χ0) is 17.7. The van der Waals surface area contributed by atoms with Crippen LogP contribution in [0.25, 0.3) is 0 Å². The van der Waals surface area contributed by atoms with Gasteiger partial charge in [0, 0.05) is 49.7 Å². The summed E-state index contributed by atoms with van der Waals surface area (Å²) < 4.78 is 0. The number of nitrogens with one attached hydrogen (secondary N) is 1. The van der Waals surface area contributed by atoms with Crippen molar-refractivity contribution in [1.82, 2.24) is 15.1 Å². The van der Waals surface area contributed by atoms with Gasteiger partial charge in [-0.05, 0) is 12.5 Å². The van der Waals surface area contributed by atoms with Crippen LogP contribution >= 0.6 is 0 Å². The second-order valence-corrected chi connectivity index (χ2v) is 6.97. The van der Waals surface area contributed by atoms with Gasteiger partial charge in [0.1, 0.15) is 6.04 Å². The van der Waals surface area contributed by atoms with Crippen molar-refractivity contribution in [3.8, 4) is 0 Å². The Hall–Kier alpha value is -2.48. The largest absolute Gasteiger partial charge is 0.396 e. The van der Waals surface area contributed by atoms with E-state index in [0.29, 0.717) is 12.0 Å². The molecule has 0 aromatic carbocycles. The van der Waals surface area contributed by atoms with Gasteiger partial charge in [-0.1, -0.05) is 6.08 Å². The van der Waals surface area contributed by atoms with E-state index in [4.69, 9.17) is 5.11 Å². The molecule has 1 aliphatic carbocycles. The molecule has 0 saturated carbocycles. The van der Waals surface area contributed by atoms with Crippen LogP contribution in [0.3, 0.4) is 0 Å². The fourth-order valence-electron chi connectivity index (χ4n) is 3.91. The Morgan fingerprint density at radius 3 is 2.60 bits per heavy atom. The molecule has 0 aromatic rings. The van der Waals surface area contributed by atoms with Gasteiger partial charge in [-0.2, -0.15) is 0 Å². The standard InChI is InChI=1S/C17H19N3O5/c21-8-9-6-19(7-9)10-1-2-11-12(5-10)17(25)20(16(11)24)13-3-4-14(22)18-15(13)23/h1-2,9,12-13,21H,3-8H2,(H,18,22,23). The maximum atomic E-state index is 12.8. The lowest BCUT2D eigenvalue weighted by Gasteiger charge is -2.42. The Morgan fingerprint density at radius 2 is 1.92 bits per heavy atom. The first-order chi connectivity index (χ1) is 12.0. The van der Waals surface area contributed by atoms with Crippen molar-refractivity contribution in [3.63, 3.8) is 0 Å². The molecule has 4 aliphatic rings. The van der Waals surface area contributed by atoms with Gasteiger partial charge < -0.3 is 10.0 Å². The molecule has 3 heterocycles. The Labute approximate surface area is 144 Å². The molecular formula is C17H19N3O5. The fourth-order valence-corrected chi connectivity index (χ4v) is 3.91. The van der Waals surface area contributed by atoms with Crippen LogP contribution in [0.5, 0.6) is 0 Å². The lowest BCUT2D eigenvalue weighted by atomic mass is 9.89. The van der Waals surface area contributed by atoms with Gasteiger partial charge in [0.25, 0.3) is 5.91 Å². The van der Waals surface area contributed by atoms with E-state index in [2.05, 4.69) is 10.2 Å². The van der Waals surface area contributed by atoms with Crippen LogP contribution in [-0.2, 0) is 19.2 Å². The summed E-state index contributed by atoms with van der Waals surface area (Å²) in [5.41, 5.74) is 1.39. The molecule has 3 fully saturated rings. The molecular weight excluding hydrogens is 326 g/mol. The summed E-state index contributed by atoms with van der Waals surface area (Å²) in [5, 5.41) is 11.3. The second kappa shape index (κ2) is 5.80. The molecule has 0 radical (unpaired) electrons. The molecule has 2 unspecified atom stereocenters. The molecule has 4 rings (SSSR count). The van der Waals surface area contributed by atoms with Crippen LogP contribution in [0, 0.1) is 11.8 Å². The number of fused-ring (bicyclic) bond motifs is 1. The summed E-state index contributed by atoms with van der Waals surface area (Å²) in [6.07, 6.45) is 4.24. The minimum atomic E-state index is -0.907. The summed E-state index contributed by atoms with van der Waals surface area (Å²) >= 11 is 0. The number of likely N-dealkylation sites (tertiary alicyclic amines) is 2. The number of carbonyl (C=O) groups is 4. The monoisotopic (exact) mass is 345 g/mol. The van der Waals surface area contributed by atoms with Crippen LogP contribution in [0.2, 0.25) is 0 Å². The van der Waals surface area contributed by atoms with Gasteiger partial charge >= 0.3 is 0 Å². The minimum absolute atomic E-state index is 0.122. The fraction of sp³-hybridized carbons (Fsp3) is 0.529. The normalized spacial score (nSPS) is 30.0. The van der Waals surface area contributed by atoms with Crippen LogP contribution < -0.4 is 5.32 Å². The predicted octanol–water partition coefficient (Wildman–Crippen LogP) is -1.09. The molecule has 2 N–H and O–H groups in total. The van der Waals surface area contributed by atoms with Crippen molar-refractivity contribution in [3.05, 3.63) is 23.4 Å². The Bertz CT molecular complexity index is 735. The number of allylic oxidation sites excluding steroid dienone is 3. The van der Waals surface area contributed by atoms with Crippen molar-refractivity contribution in [1.29, 1.82) is 0 Å². The van der Waals surface area contributed by atoms with Gasteiger partial charge in [-0.25, -0.2) is 0 Å². The second-order valence-electron chi connectivity index (χ2n) is 6.97. The summed E-state index contributed by atoms with van der Waals surface area (Å²) in [6.45, 7) is 1.64. The number of carbonyl (C=O) groups excluding carboxylic acids is 4. The molecule has 0 bridgehead atoms. The number of hydrogen-bond acceptors (Lipinski definition) is 6. The summed E-state index contributed by atoms with van der Waals surface area (Å²) in [7, 11) is 0. The van der Waals surface area contributed by atoms with Crippen LogP contribution in [-0.4, -0.2) is 64.3 Å². The first kappa shape index (κ1) is 16.0. The Kier molecular flexibility index (Phi) is 3.72. The first-order valence-corrected chi connectivity index (χ1v) is 8.47.